The summed E-state index contributed by atoms with van der Waals surface area (Å²) < 4.78 is 43.0. The molecule has 2 heterocycles. The van der Waals surface area contributed by atoms with Crippen LogP contribution >= 0.6 is 0 Å². The van der Waals surface area contributed by atoms with Crippen LogP contribution in [-0.4, -0.2) is 57.0 Å². The molecule has 1 aromatic heterocycles. The van der Waals surface area contributed by atoms with E-state index in [2.05, 4.69) is 10.3 Å². The second kappa shape index (κ2) is 9.99. The van der Waals surface area contributed by atoms with Crippen molar-refractivity contribution in [3.05, 3.63) is 72.4 Å². The summed E-state index contributed by atoms with van der Waals surface area (Å²) in [6, 6.07) is 16.1. The molecule has 9 nitrogen and oxygen atoms in total. The van der Waals surface area contributed by atoms with Crippen molar-refractivity contribution in [1.82, 2.24) is 9.29 Å². The number of anilines is 1. The zero-order valence-corrected chi connectivity index (χ0v) is 18.7. The van der Waals surface area contributed by atoms with Gasteiger partial charge in [0.1, 0.15) is 17.2 Å². The van der Waals surface area contributed by atoms with Crippen LogP contribution in [0.2, 0.25) is 0 Å². The number of nitrogens with zero attached hydrogens (tertiary/aromatic N) is 2. The molecular weight excluding hydrogens is 446 g/mol. The highest BCUT2D eigenvalue weighted by Crippen LogP contribution is 2.28. The summed E-state index contributed by atoms with van der Waals surface area (Å²) in [7, 11) is -2.05. The van der Waals surface area contributed by atoms with Gasteiger partial charge in [0.25, 0.3) is 5.91 Å². The Hall–Kier alpha value is -3.47. The smallest absolute Gasteiger partial charge is 0.255 e. The van der Waals surface area contributed by atoms with Crippen molar-refractivity contribution in [2.45, 2.75) is 4.90 Å². The summed E-state index contributed by atoms with van der Waals surface area (Å²) in [5, 5.41) is 2.76. The third-order valence-electron chi connectivity index (χ3n) is 5.02. The highest BCUT2D eigenvalue weighted by Gasteiger charge is 2.26. The molecule has 1 aliphatic rings. The van der Waals surface area contributed by atoms with Crippen molar-refractivity contribution in [3.8, 4) is 17.4 Å². The predicted molar refractivity (Wildman–Crippen MR) is 121 cm³/mol. The van der Waals surface area contributed by atoms with Gasteiger partial charge in [-0.25, -0.2) is 13.4 Å². The van der Waals surface area contributed by atoms with E-state index in [9.17, 15) is 13.2 Å². The van der Waals surface area contributed by atoms with Crippen LogP contribution in [0, 0.1) is 0 Å². The normalized spacial score (nSPS) is 14.5. The van der Waals surface area contributed by atoms with Gasteiger partial charge in [-0.05, 0) is 60.7 Å². The fraction of sp³-hybridized carbons (Fsp3) is 0.217. The fourth-order valence-electron chi connectivity index (χ4n) is 3.23. The molecule has 0 saturated carbocycles. The van der Waals surface area contributed by atoms with E-state index >= 15 is 0 Å². The Morgan fingerprint density at radius 3 is 2.33 bits per heavy atom. The molecule has 4 rings (SSSR count). The molecule has 0 bridgehead atoms. The maximum absolute atomic E-state index is 12.8. The van der Waals surface area contributed by atoms with Gasteiger partial charge in [-0.15, -0.1) is 0 Å². The van der Waals surface area contributed by atoms with Gasteiger partial charge in [-0.3, -0.25) is 4.79 Å². The zero-order chi connectivity index (χ0) is 23.3. The van der Waals surface area contributed by atoms with Gasteiger partial charge >= 0.3 is 0 Å². The van der Waals surface area contributed by atoms with Crippen molar-refractivity contribution in [3.63, 3.8) is 0 Å². The molecule has 172 valence electrons. The van der Waals surface area contributed by atoms with Crippen LogP contribution in [0.25, 0.3) is 0 Å². The van der Waals surface area contributed by atoms with Gasteiger partial charge in [0.2, 0.25) is 15.9 Å². The van der Waals surface area contributed by atoms with Gasteiger partial charge in [0, 0.05) is 24.8 Å². The maximum Gasteiger partial charge on any atom is 0.255 e. The number of carbonyl (C=O) groups is 1. The van der Waals surface area contributed by atoms with Crippen molar-refractivity contribution >= 4 is 21.6 Å². The molecule has 0 aliphatic carbocycles. The highest BCUT2D eigenvalue weighted by molar-refractivity contribution is 7.89. The fourth-order valence-corrected chi connectivity index (χ4v) is 4.64. The average Bonchev–Trinajstić information content (AvgIpc) is 2.86. The third kappa shape index (κ3) is 5.30. The monoisotopic (exact) mass is 469 g/mol. The van der Waals surface area contributed by atoms with E-state index < -0.39 is 15.9 Å². The first-order valence-corrected chi connectivity index (χ1v) is 11.7. The molecule has 1 aliphatic heterocycles. The van der Waals surface area contributed by atoms with Crippen molar-refractivity contribution in [1.29, 1.82) is 0 Å². The Morgan fingerprint density at radius 1 is 1.00 bits per heavy atom. The van der Waals surface area contributed by atoms with E-state index in [-0.39, 0.29) is 10.8 Å². The predicted octanol–water partition coefficient (Wildman–Crippen LogP) is 3.16. The Bertz CT molecular complexity index is 1210. The standard InChI is InChI=1S/C23H23N3O6S/c1-30-18-6-8-19(9-7-18)32-23-21(3-2-12-24-23)25-22(27)17-4-10-20(11-5-17)33(28,29)26-13-15-31-16-14-26/h2-12H,13-16H2,1H3,(H,25,27). The summed E-state index contributed by atoms with van der Waals surface area (Å²) in [6.45, 7) is 1.35. The number of sulfonamides is 1. The zero-order valence-electron chi connectivity index (χ0n) is 17.9. The number of amides is 1. The second-order valence-corrected chi connectivity index (χ2v) is 9.07. The highest BCUT2D eigenvalue weighted by atomic mass is 32.2. The summed E-state index contributed by atoms with van der Waals surface area (Å²) in [6.07, 6.45) is 1.56. The Kier molecular flexibility index (Phi) is 6.87. The topological polar surface area (TPSA) is 107 Å². The minimum atomic E-state index is -3.63. The Morgan fingerprint density at radius 2 is 1.67 bits per heavy atom. The number of pyridine rings is 1. The lowest BCUT2D eigenvalue weighted by molar-refractivity contribution is 0.0730. The Labute approximate surface area is 192 Å². The average molecular weight is 470 g/mol. The van der Waals surface area contributed by atoms with Gasteiger partial charge < -0.3 is 19.5 Å². The number of benzene rings is 2. The van der Waals surface area contributed by atoms with Crippen LogP contribution in [0.1, 0.15) is 10.4 Å². The Balaban J connectivity index is 1.47. The molecule has 0 atom stereocenters. The van der Waals surface area contributed by atoms with E-state index in [1.807, 2.05) is 0 Å². The van der Waals surface area contributed by atoms with E-state index in [4.69, 9.17) is 14.2 Å². The maximum atomic E-state index is 12.8. The van der Waals surface area contributed by atoms with E-state index in [0.29, 0.717) is 49.1 Å². The number of carbonyl (C=O) groups excluding carboxylic acids is 1. The van der Waals surface area contributed by atoms with Crippen molar-refractivity contribution in [2.75, 3.05) is 38.7 Å². The number of hydrogen-bond donors (Lipinski definition) is 1. The van der Waals surface area contributed by atoms with E-state index in [0.717, 1.165) is 0 Å². The molecule has 1 N–H and O–H groups in total. The van der Waals surface area contributed by atoms with Gasteiger partial charge in [0.15, 0.2) is 0 Å². The van der Waals surface area contributed by atoms with Crippen molar-refractivity contribution < 1.29 is 27.4 Å². The van der Waals surface area contributed by atoms with Crippen LogP contribution in [0.5, 0.6) is 17.4 Å². The van der Waals surface area contributed by atoms with Gasteiger partial charge in [-0.1, -0.05) is 0 Å². The van der Waals surface area contributed by atoms with Gasteiger partial charge in [-0.2, -0.15) is 4.31 Å². The minimum Gasteiger partial charge on any atom is -0.497 e. The molecule has 0 radical (unpaired) electrons. The quantitative estimate of drug-likeness (QED) is 0.566. The van der Waals surface area contributed by atoms with Gasteiger partial charge in [0.05, 0.1) is 25.2 Å². The lowest BCUT2D eigenvalue weighted by atomic mass is 10.2. The van der Waals surface area contributed by atoms with Crippen molar-refractivity contribution in [2.24, 2.45) is 0 Å². The molecule has 0 unspecified atom stereocenters. The molecule has 1 saturated heterocycles. The SMILES string of the molecule is COc1ccc(Oc2ncccc2NC(=O)c2ccc(S(=O)(=O)N3CCOCC3)cc2)cc1. The lowest BCUT2D eigenvalue weighted by Gasteiger charge is -2.26. The molecule has 1 fully saturated rings. The number of aromatic nitrogens is 1. The summed E-state index contributed by atoms with van der Waals surface area (Å²) in [5.41, 5.74) is 0.679. The largest absolute Gasteiger partial charge is 0.497 e. The van der Waals surface area contributed by atoms with E-state index in [1.54, 1.807) is 49.7 Å². The lowest BCUT2D eigenvalue weighted by Crippen LogP contribution is -2.40. The van der Waals surface area contributed by atoms with Crippen LogP contribution in [0.3, 0.4) is 0 Å². The number of morpholine rings is 1. The first-order chi connectivity index (χ1) is 16.0. The summed E-state index contributed by atoms with van der Waals surface area (Å²) in [4.78, 5) is 17.1. The second-order valence-electron chi connectivity index (χ2n) is 7.13. The van der Waals surface area contributed by atoms with Crippen LogP contribution in [-0.2, 0) is 14.8 Å². The number of rotatable bonds is 7. The van der Waals surface area contributed by atoms with Crippen LogP contribution in [0.4, 0.5) is 5.69 Å². The third-order valence-corrected chi connectivity index (χ3v) is 6.93. The number of nitrogens with one attached hydrogen (secondary N) is 1. The van der Waals surface area contributed by atoms with Crippen LogP contribution in [0.15, 0.2) is 71.8 Å². The first-order valence-electron chi connectivity index (χ1n) is 10.2. The molecule has 2 aromatic carbocycles. The van der Waals surface area contributed by atoms with E-state index in [1.165, 1.54) is 28.6 Å². The number of ether oxygens (including phenoxy) is 3. The number of methoxy groups -OCH3 is 1. The molecule has 1 amide bonds. The molecule has 33 heavy (non-hydrogen) atoms. The molecule has 3 aromatic rings. The number of hydrogen-bond acceptors (Lipinski definition) is 7. The minimum absolute atomic E-state index is 0.130. The van der Waals surface area contributed by atoms with Crippen LogP contribution < -0.4 is 14.8 Å². The summed E-state index contributed by atoms with van der Waals surface area (Å²) in [5.74, 6) is 1.03. The molecular formula is C23H23N3O6S. The molecule has 0 spiro atoms. The molecule has 10 heteroatoms. The first kappa shape index (κ1) is 22.7. The summed E-state index contributed by atoms with van der Waals surface area (Å²) >= 11 is 0.